The zero-order valence-electron chi connectivity index (χ0n) is 10.1. The molecule has 0 aliphatic heterocycles. The number of hydrogen-bond donors (Lipinski definition) is 3. The Morgan fingerprint density at radius 2 is 1.89 bits per heavy atom. The molecule has 110 valence electrons. The fraction of sp³-hybridized carbons (Fsp3) is 1.00. The van der Waals surface area contributed by atoms with Crippen molar-refractivity contribution in [2.75, 3.05) is 20.5 Å². The maximum atomic E-state index is 13.4. The van der Waals surface area contributed by atoms with E-state index in [1.54, 1.807) is 0 Å². The van der Waals surface area contributed by atoms with Crippen molar-refractivity contribution in [2.24, 2.45) is 0 Å². The third-order valence-corrected chi connectivity index (χ3v) is 3.35. The van der Waals surface area contributed by atoms with Gasteiger partial charge in [0, 0.05) is 13.7 Å². The molecule has 1 unspecified atom stereocenters. The van der Waals surface area contributed by atoms with E-state index in [2.05, 4.69) is 9.47 Å². The Hall–Kier alpha value is -0.110. The maximum Gasteiger partial charge on any atom is 0.397 e. The summed E-state index contributed by atoms with van der Waals surface area (Å²) in [4.78, 5) is 17.2. The van der Waals surface area contributed by atoms with E-state index in [4.69, 9.17) is 14.9 Å². The van der Waals surface area contributed by atoms with Crippen molar-refractivity contribution in [2.45, 2.75) is 37.5 Å². The van der Waals surface area contributed by atoms with Crippen molar-refractivity contribution in [3.05, 3.63) is 0 Å². The molecule has 0 fully saturated rings. The first kappa shape index (κ1) is 17.9. The molecule has 9 heteroatoms. The Balaban J connectivity index is 4.51. The van der Waals surface area contributed by atoms with Crippen LogP contribution >= 0.6 is 7.60 Å². The predicted molar refractivity (Wildman–Crippen MR) is 59.3 cm³/mol. The smallest absolute Gasteiger partial charge is 0.396 e. The van der Waals surface area contributed by atoms with Gasteiger partial charge >= 0.3 is 13.3 Å². The quantitative estimate of drug-likeness (QED) is 0.319. The molecule has 6 nitrogen and oxygen atoms in total. The van der Waals surface area contributed by atoms with E-state index < -0.39 is 26.2 Å². The molecule has 0 heterocycles. The number of rotatable bonds is 10. The first-order chi connectivity index (χ1) is 8.27. The van der Waals surface area contributed by atoms with Gasteiger partial charge in [-0.2, -0.15) is 8.78 Å². The highest BCUT2D eigenvalue weighted by molar-refractivity contribution is 7.53. The molecule has 0 spiro atoms. The van der Waals surface area contributed by atoms with Gasteiger partial charge in [-0.3, -0.25) is 4.57 Å². The summed E-state index contributed by atoms with van der Waals surface area (Å²) in [6.45, 7) is -0.529. The van der Waals surface area contributed by atoms with Crippen molar-refractivity contribution in [3.63, 3.8) is 0 Å². The van der Waals surface area contributed by atoms with E-state index >= 15 is 0 Å². The number of unbranched alkanes of at least 4 members (excludes halogenated alkanes) is 2. The molecule has 0 aromatic rings. The van der Waals surface area contributed by atoms with Crippen molar-refractivity contribution >= 4 is 7.60 Å². The van der Waals surface area contributed by atoms with Gasteiger partial charge in [-0.25, -0.2) is 0 Å². The topological polar surface area (TPSA) is 96.2 Å². The van der Waals surface area contributed by atoms with Crippen LogP contribution in [0.2, 0.25) is 0 Å². The van der Waals surface area contributed by atoms with Crippen LogP contribution in [-0.2, 0) is 14.0 Å². The van der Waals surface area contributed by atoms with E-state index in [1.807, 2.05) is 0 Å². The molecule has 0 aromatic heterocycles. The second-order valence-electron chi connectivity index (χ2n) is 3.77. The second kappa shape index (κ2) is 8.14. The lowest BCUT2D eigenvalue weighted by Crippen LogP contribution is -2.36. The van der Waals surface area contributed by atoms with Gasteiger partial charge in [0.15, 0.2) is 0 Å². The Morgan fingerprint density at radius 3 is 2.33 bits per heavy atom. The summed E-state index contributed by atoms with van der Waals surface area (Å²) in [6.07, 6.45) is -0.942. The molecule has 1 atom stereocenters. The number of ether oxygens (including phenoxy) is 2. The van der Waals surface area contributed by atoms with Crippen molar-refractivity contribution in [3.8, 4) is 0 Å². The number of hydrogen-bond acceptors (Lipinski definition) is 4. The van der Waals surface area contributed by atoms with Crippen molar-refractivity contribution < 1.29 is 37.7 Å². The van der Waals surface area contributed by atoms with Gasteiger partial charge in [0.1, 0.15) is 12.9 Å². The average molecular weight is 292 g/mol. The van der Waals surface area contributed by atoms with Gasteiger partial charge in [0.25, 0.3) is 0 Å². The molecule has 0 bridgehead atoms. The zero-order valence-corrected chi connectivity index (χ0v) is 11.0. The third kappa shape index (κ3) is 5.69. The fourth-order valence-electron chi connectivity index (χ4n) is 1.31. The zero-order chi connectivity index (χ0) is 14.2. The number of aliphatic hydroxyl groups excluding tert-OH is 1. The van der Waals surface area contributed by atoms with Crippen molar-refractivity contribution in [1.29, 1.82) is 0 Å². The summed E-state index contributed by atoms with van der Waals surface area (Å²) >= 11 is 0. The minimum absolute atomic E-state index is 0.0571. The first-order valence-electron chi connectivity index (χ1n) is 5.42. The molecule has 0 aliphatic carbocycles. The lowest BCUT2D eigenvalue weighted by atomic mass is 10.1. The highest BCUT2D eigenvalue weighted by Gasteiger charge is 2.55. The van der Waals surface area contributed by atoms with Crippen LogP contribution in [0.25, 0.3) is 0 Å². The number of methoxy groups -OCH3 is 1. The molecule has 0 radical (unpaired) electrons. The van der Waals surface area contributed by atoms with Crippen LogP contribution < -0.4 is 0 Å². The van der Waals surface area contributed by atoms with E-state index in [0.29, 0.717) is 12.8 Å². The molecule has 0 aromatic carbocycles. The highest BCUT2D eigenvalue weighted by Crippen LogP contribution is 2.56. The summed E-state index contributed by atoms with van der Waals surface area (Å²) in [7, 11) is -4.36. The highest BCUT2D eigenvalue weighted by atomic mass is 31.2. The SMILES string of the molecule is COCOC(CCCCCO)C(F)(F)P(=O)(O)O. The fourth-order valence-corrected chi connectivity index (χ4v) is 1.89. The molecule has 0 rings (SSSR count). The minimum atomic E-state index is -5.58. The molecule has 0 saturated carbocycles. The van der Waals surface area contributed by atoms with Gasteiger partial charge in [-0.15, -0.1) is 0 Å². The molecule has 0 saturated heterocycles. The number of alkyl halides is 2. The minimum Gasteiger partial charge on any atom is -0.396 e. The molecule has 3 N–H and O–H groups in total. The monoisotopic (exact) mass is 292 g/mol. The van der Waals surface area contributed by atoms with Crippen molar-refractivity contribution in [1.82, 2.24) is 0 Å². The van der Waals surface area contributed by atoms with Crippen LogP contribution in [0.4, 0.5) is 8.78 Å². The third-order valence-electron chi connectivity index (χ3n) is 2.29. The largest absolute Gasteiger partial charge is 0.397 e. The van der Waals surface area contributed by atoms with Gasteiger partial charge in [0.05, 0.1) is 0 Å². The Morgan fingerprint density at radius 1 is 1.28 bits per heavy atom. The van der Waals surface area contributed by atoms with Gasteiger partial charge < -0.3 is 24.4 Å². The van der Waals surface area contributed by atoms with Gasteiger partial charge in [0.2, 0.25) is 0 Å². The molecule has 0 amide bonds. The average Bonchev–Trinajstić information content (AvgIpc) is 2.26. The summed E-state index contributed by atoms with van der Waals surface area (Å²) in [5.74, 6) is 0. The van der Waals surface area contributed by atoms with Crippen LogP contribution in [0.1, 0.15) is 25.7 Å². The van der Waals surface area contributed by atoms with Crippen LogP contribution in [0.5, 0.6) is 0 Å². The van der Waals surface area contributed by atoms with Crippen LogP contribution in [-0.4, -0.2) is 47.2 Å². The van der Waals surface area contributed by atoms with E-state index in [1.165, 1.54) is 7.11 Å². The van der Waals surface area contributed by atoms with Gasteiger partial charge in [-0.1, -0.05) is 12.8 Å². The maximum absolute atomic E-state index is 13.4. The van der Waals surface area contributed by atoms with Crippen LogP contribution in [0.3, 0.4) is 0 Å². The number of aliphatic hydroxyl groups is 1. The summed E-state index contributed by atoms with van der Waals surface area (Å²) < 4.78 is 46.7. The second-order valence-corrected chi connectivity index (χ2v) is 5.45. The van der Waals surface area contributed by atoms with E-state index in [0.717, 1.165) is 0 Å². The normalized spacial score (nSPS) is 14.8. The molecular weight excluding hydrogens is 273 g/mol. The Labute approximate surface area is 104 Å². The molecule has 18 heavy (non-hydrogen) atoms. The summed E-state index contributed by atoms with van der Waals surface area (Å²) in [5.41, 5.74) is -4.25. The summed E-state index contributed by atoms with van der Waals surface area (Å²) in [6, 6.07) is 0. The molecule has 0 aliphatic rings. The van der Waals surface area contributed by atoms with Crippen LogP contribution in [0, 0.1) is 0 Å². The Kier molecular flexibility index (Phi) is 8.09. The molecular formula is C9H19F2O6P. The summed E-state index contributed by atoms with van der Waals surface area (Å²) in [5, 5.41) is 8.54. The number of halogens is 2. The van der Waals surface area contributed by atoms with Crippen LogP contribution in [0.15, 0.2) is 0 Å². The standard InChI is InChI=1S/C9H19F2O6P/c1-16-7-17-8(5-3-2-4-6-12)9(10,11)18(13,14)15/h8,12H,2-7H2,1H3,(H2,13,14,15). The van der Waals surface area contributed by atoms with E-state index in [-0.39, 0.29) is 19.4 Å². The predicted octanol–water partition coefficient (Wildman–Crippen LogP) is 1.30. The van der Waals surface area contributed by atoms with Gasteiger partial charge in [-0.05, 0) is 12.8 Å². The Bertz CT molecular complexity index is 270. The lowest BCUT2D eigenvalue weighted by molar-refractivity contribution is -0.149. The first-order valence-corrected chi connectivity index (χ1v) is 7.03. The van der Waals surface area contributed by atoms with E-state index in [9.17, 15) is 13.3 Å². The lowest BCUT2D eigenvalue weighted by Gasteiger charge is -2.27.